The van der Waals surface area contributed by atoms with Crippen molar-refractivity contribution in [3.63, 3.8) is 0 Å². The predicted molar refractivity (Wildman–Crippen MR) is 73.6 cm³/mol. The van der Waals surface area contributed by atoms with Gasteiger partial charge in [0.2, 0.25) is 9.84 Å². The Morgan fingerprint density at radius 1 is 1.29 bits per heavy atom. The van der Waals surface area contributed by atoms with Crippen LogP contribution in [0.1, 0.15) is 5.56 Å². The van der Waals surface area contributed by atoms with Gasteiger partial charge in [-0.05, 0) is 30.0 Å². The molecule has 8 heteroatoms. The zero-order valence-corrected chi connectivity index (χ0v) is 12.4. The molecule has 1 aromatic heterocycles. The minimum atomic E-state index is -3.65. The lowest BCUT2D eigenvalue weighted by Gasteiger charge is -2.07. The highest BCUT2D eigenvalue weighted by atomic mass is 32.2. The number of fused-ring (bicyclic) bond motifs is 1. The molecule has 0 radical (unpaired) electrons. The van der Waals surface area contributed by atoms with Gasteiger partial charge < -0.3 is 14.6 Å². The summed E-state index contributed by atoms with van der Waals surface area (Å²) in [5.41, 5.74) is 0.469. The van der Waals surface area contributed by atoms with Gasteiger partial charge in [0.15, 0.2) is 11.5 Å². The Balaban J connectivity index is 2.08. The van der Waals surface area contributed by atoms with E-state index in [0.717, 1.165) is 11.3 Å². The first kappa shape index (κ1) is 13.9. The van der Waals surface area contributed by atoms with Crippen LogP contribution in [0.15, 0.2) is 38.8 Å². The molecule has 0 bridgehead atoms. The number of hydrogen-bond donors (Lipinski definition) is 1. The summed E-state index contributed by atoms with van der Waals surface area (Å²) < 4.78 is 35.5. The van der Waals surface area contributed by atoms with E-state index in [0.29, 0.717) is 5.56 Å². The van der Waals surface area contributed by atoms with E-state index in [1.54, 1.807) is 18.4 Å². The Labute approximate surface area is 124 Å². The van der Waals surface area contributed by atoms with Crippen LogP contribution in [0.25, 0.3) is 0 Å². The van der Waals surface area contributed by atoms with Gasteiger partial charge in [-0.15, -0.1) is 11.3 Å². The Morgan fingerprint density at radius 2 is 1.95 bits per heavy atom. The lowest BCUT2D eigenvalue weighted by Crippen LogP contribution is -2.28. The molecule has 0 spiro atoms. The Bertz CT molecular complexity index is 807. The average molecular weight is 326 g/mol. The maximum atomic E-state index is 12.5. The van der Waals surface area contributed by atoms with Gasteiger partial charge in [0, 0.05) is 6.07 Å². The molecule has 21 heavy (non-hydrogen) atoms. The van der Waals surface area contributed by atoms with Crippen molar-refractivity contribution in [2.45, 2.75) is 22.3 Å². The fourth-order valence-electron chi connectivity index (χ4n) is 2.00. The normalized spacial score (nSPS) is 16.9. The molecule has 0 amide bonds. The monoisotopic (exact) mass is 326 g/mol. The third kappa shape index (κ3) is 2.26. The van der Waals surface area contributed by atoms with E-state index in [2.05, 4.69) is 0 Å². The third-order valence-corrected chi connectivity index (χ3v) is 6.25. The summed E-state index contributed by atoms with van der Waals surface area (Å²) >= 11 is 1.12. The van der Waals surface area contributed by atoms with Crippen LogP contribution in [0.5, 0.6) is 11.5 Å². The molecule has 1 atom stereocenters. The highest BCUT2D eigenvalue weighted by Gasteiger charge is 2.33. The molecule has 6 nitrogen and oxygen atoms in total. The number of rotatable bonds is 3. The number of ether oxygens (including phenoxy) is 2. The molecule has 0 fully saturated rings. The van der Waals surface area contributed by atoms with Gasteiger partial charge in [-0.1, -0.05) is 6.07 Å². The maximum absolute atomic E-state index is 12.5. The molecule has 1 unspecified atom stereocenters. The quantitative estimate of drug-likeness (QED) is 0.928. The molecule has 1 N–H and O–H groups in total. The van der Waals surface area contributed by atoms with Gasteiger partial charge in [0.25, 0.3) is 0 Å². The highest BCUT2D eigenvalue weighted by Crippen LogP contribution is 2.40. The van der Waals surface area contributed by atoms with Crippen LogP contribution in [-0.4, -0.2) is 25.8 Å². The maximum Gasteiger partial charge on any atom is 0.387 e. The van der Waals surface area contributed by atoms with Crippen LogP contribution in [-0.2, 0) is 14.6 Å². The largest absolute Gasteiger partial charge is 0.476 e. The molecular formula is C13H10O6S2. The Hall–Kier alpha value is -2.06. The lowest BCUT2D eigenvalue weighted by molar-refractivity contribution is -0.154. The van der Waals surface area contributed by atoms with Crippen molar-refractivity contribution < 1.29 is 27.8 Å². The van der Waals surface area contributed by atoms with Crippen molar-refractivity contribution in [3.05, 3.63) is 35.2 Å². The SMILES string of the molecule is Cc1cc2c(cc1S(=O)(=O)c1cccs1)OC(C(=O)O)O2. The van der Waals surface area contributed by atoms with E-state index in [9.17, 15) is 13.2 Å². The number of benzene rings is 1. The number of sulfone groups is 1. The molecule has 2 aromatic rings. The van der Waals surface area contributed by atoms with E-state index >= 15 is 0 Å². The van der Waals surface area contributed by atoms with E-state index in [4.69, 9.17) is 14.6 Å². The third-order valence-electron chi connectivity index (χ3n) is 2.96. The first-order valence-corrected chi connectivity index (χ1v) is 8.25. The molecule has 2 heterocycles. The molecule has 0 saturated carbocycles. The van der Waals surface area contributed by atoms with Crippen molar-refractivity contribution in [1.29, 1.82) is 0 Å². The van der Waals surface area contributed by atoms with Gasteiger partial charge >= 0.3 is 12.3 Å². The number of aliphatic carboxylic acids is 1. The van der Waals surface area contributed by atoms with Crippen LogP contribution < -0.4 is 9.47 Å². The van der Waals surface area contributed by atoms with Crippen LogP contribution in [0.4, 0.5) is 0 Å². The lowest BCUT2D eigenvalue weighted by atomic mass is 10.2. The Kier molecular flexibility index (Phi) is 3.14. The van der Waals surface area contributed by atoms with E-state index in [-0.39, 0.29) is 20.6 Å². The molecule has 1 aliphatic heterocycles. The van der Waals surface area contributed by atoms with Crippen LogP contribution in [0.2, 0.25) is 0 Å². The zero-order valence-electron chi connectivity index (χ0n) is 10.8. The molecule has 1 aliphatic rings. The summed E-state index contributed by atoms with van der Waals surface area (Å²) in [5, 5.41) is 10.5. The second-order valence-electron chi connectivity index (χ2n) is 4.41. The predicted octanol–water partition coefficient (Wildman–Crippen LogP) is 2.07. The van der Waals surface area contributed by atoms with E-state index < -0.39 is 22.1 Å². The van der Waals surface area contributed by atoms with Crippen molar-refractivity contribution >= 4 is 27.1 Å². The number of hydrogen-bond acceptors (Lipinski definition) is 6. The smallest absolute Gasteiger partial charge is 0.387 e. The summed E-state index contributed by atoms with van der Waals surface area (Å²) in [5.74, 6) is -0.931. The van der Waals surface area contributed by atoms with E-state index in [1.807, 2.05) is 0 Å². The number of carbonyl (C=O) groups is 1. The molecule has 1 aromatic carbocycles. The van der Waals surface area contributed by atoms with Gasteiger partial charge in [-0.3, -0.25) is 0 Å². The van der Waals surface area contributed by atoms with Crippen LogP contribution in [0, 0.1) is 6.92 Å². The molecule has 3 rings (SSSR count). The molecule has 0 aliphatic carbocycles. The summed E-state index contributed by atoms with van der Waals surface area (Å²) in [6.07, 6.45) is -1.45. The van der Waals surface area contributed by atoms with Crippen LogP contribution >= 0.6 is 11.3 Å². The molecule has 110 valence electrons. The number of thiophene rings is 1. The van der Waals surface area contributed by atoms with Gasteiger partial charge in [-0.25, -0.2) is 13.2 Å². The topological polar surface area (TPSA) is 89.9 Å². The fourth-order valence-corrected chi connectivity index (χ4v) is 4.61. The zero-order chi connectivity index (χ0) is 15.2. The van der Waals surface area contributed by atoms with Crippen LogP contribution in [0.3, 0.4) is 0 Å². The molecular weight excluding hydrogens is 316 g/mol. The fraction of sp³-hybridized carbons (Fsp3) is 0.154. The van der Waals surface area contributed by atoms with Crippen molar-refractivity contribution in [2.75, 3.05) is 0 Å². The molecule has 0 saturated heterocycles. The minimum absolute atomic E-state index is 0.0818. The number of carboxylic acids is 1. The summed E-state index contributed by atoms with van der Waals surface area (Å²) in [6, 6.07) is 5.95. The summed E-state index contributed by atoms with van der Waals surface area (Å²) in [4.78, 5) is 10.9. The van der Waals surface area contributed by atoms with E-state index in [1.165, 1.54) is 18.2 Å². The second kappa shape index (κ2) is 4.74. The number of carboxylic acid groups (broad SMARTS) is 1. The minimum Gasteiger partial charge on any atom is -0.476 e. The second-order valence-corrected chi connectivity index (χ2v) is 7.50. The summed E-state index contributed by atoms with van der Waals surface area (Å²) in [6.45, 7) is 1.62. The number of aryl methyl sites for hydroxylation is 1. The van der Waals surface area contributed by atoms with Gasteiger partial charge in [-0.2, -0.15) is 0 Å². The highest BCUT2D eigenvalue weighted by molar-refractivity contribution is 7.93. The van der Waals surface area contributed by atoms with Gasteiger partial charge in [0.1, 0.15) is 4.21 Å². The Morgan fingerprint density at radius 3 is 2.52 bits per heavy atom. The first-order chi connectivity index (χ1) is 9.89. The standard InChI is InChI=1S/C13H10O6S2/c1-7-5-8-9(19-13(18-8)12(14)15)6-10(7)21(16,17)11-3-2-4-20-11/h2-6,13H,1H3,(H,14,15). The summed E-state index contributed by atoms with van der Waals surface area (Å²) in [7, 11) is -3.65. The van der Waals surface area contributed by atoms with Crippen molar-refractivity contribution in [2.24, 2.45) is 0 Å². The van der Waals surface area contributed by atoms with Gasteiger partial charge in [0.05, 0.1) is 4.90 Å². The van der Waals surface area contributed by atoms with Crippen molar-refractivity contribution in [3.8, 4) is 11.5 Å². The first-order valence-electron chi connectivity index (χ1n) is 5.89. The average Bonchev–Trinajstić information content (AvgIpc) is 3.06. The van der Waals surface area contributed by atoms with Crippen molar-refractivity contribution in [1.82, 2.24) is 0 Å².